The van der Waals surface area contributed by atoms with Crippen molar-refractivity contribution in [2.75, 3.05) is 7.11 Å². The molecule has 28 heavy (non-hydrogen) atoms. The number of fused-ring (bicyclic) bond motifs is 1. The van der Waals surface area contributed by atoms with Crippen molar-refractivity contribution in [2.24, 2.45) is 0 Å². The van der Waals surface area contributed by atoms with Gasteiger partial charge in [0.05, 0.1) is 12.3 Å². The molecule has 3 rings (SSSR count). The Morgan fingerprint density at radius 2 is 1.79 bits per heavy atom. The van der Waals surface area contributed by atoms with Crippen molar-refractivity contribution in [3.8, 4) is 17.0 Å². The first-order valence-electron chi connectivity index (χ1n) is 7.76. The van der Waals surface area contributed by atoms with Crippen LogP contribution in [0.5, 0.6) is 5.75 Å². The average molecular weight is 400 g/mol. The second-order valence-corrected chi connectivity index (χ2v) is 5.62. The van der Waals surface area contributed by atoms with E-state index in [4.69, 9.17) is 4.74 Å². The van der Waals surface area contributed by atoms with E-state index >= 15 is 0 Å². The quantitative estimate of drug-likeness (QED) is 0.460. The van der Waals surface area contributed by atoms with Crippen LogP contribution in [0.25, 0.3) is 16.9 Å². The minimum Gasteiger partial charge on any atom is -0.406 e. The number of allylic oxidation sites excluding steroid dienone is 1. The van der Waals surface area contributed by atoms with E-state index < -0.39 is 23.9 Å². The number of nitrogens with zero attached hydrogens (tertiary/aromatic N) is 4. The number of methoxy groups -OCH3 is 1. The highest BCUT2D eigenvalue weighted by Gasteiger charge is 2.34. The maximum atomic E-state index is 14.1. The highest BCUT2D eigenvalue weighted by Crippen LogP contribution is 2.30. The second kappa shape index (κ2) is 7.15. The first-order valence-corrected chi connectivity index (χ1v) is 7.76. The van der Waals surface area contributed by atoms with E-state index in [1.807, 2.05) is 0 Å². The van der Waals surface area contributed by atoms with Gasteiger partial charge in [-0.05, 0) is 30.3 Å². The summed E-state index contributed by atoms with van der Waals surface area (Å²) in [5.41, 5.74) is 0.878. The minimum absolute atomic E-state index is 0.0373. The molecule has 0 amide bonds. The van der Waals surface area contributed by atoms with Gasteiger partial charge in [-0.1, -0.05) is 6.58 Å². The van der Waals surface area contributed by atoms with Gasteiger partial charge in [0.25, 0.3) is 0 Å². The summed E-state index contributed by atoms with van der Waals surface area (Å²) in [5.74, 6) is -4.54. The number of hydrogen-bond donors (Lipinski definition) is 0. The van der Waals surface area contributed by atoms with Crippen molar-refractivity contribution < 1.29 is 31.4 Å². The lowest BCUT2D eigenvalue weighted by Gasteiger charge is -2.12. The zero-order valence-corrected chi connectivity index (χ0v) is 14.4. The first-order chi connectivity index (χ1) is 13.1. The van der Waals surface area contributed by atoms with Gasteiger partial charge in [0, 0.05) is 18.9 Å². The van der Waals surface area contributed by atoms with Crippen LogP contribution in [0.15, 0.2) is 43.1 Å². The molecule has 6 nitrogen and oxygen atoms in total. The van der Waals surface area contributed by atoms with Gasteiger partial charge in [-0.25, -0.2) is 4.98 Å². The Bertz CT molecular complexity index is 999. The molecule has 1 aromatic carbocycles. The monoisotopic (exact) mass is 400 g/mol. The van der Waals surface area contributed by atoms with E-state index in [-0.39, 0.29) is 23.6 Å². The Kier molecular flexibility index (Phi) is 5.02. The first kappa shape index (κ1) is 19.7. The molecule has 0 bridgehead atoms. The molecule has 0 N–H and O–H groups in total. The normalized spacial score (nSPS) is 12.4. The lowest BCUT2D eigenvalue weighted by atomic mass is 10.1. The zero-order valence-electron chi connectivity index (χ0n) is 14.4. The summed E-state index contributed by atoms with van der Waals surface area (Å²) >= 11 is 0. The third-order valence-electron chi connectivity index (χ3n) is 3.68. The van der Waals surface area contributed by atoms with Crippen molar-refractivity contribution in [3.05, 3.63) is 54.6 Å². The fourth-order valence-electron chi connectivity index (χ4n) is 2.48. The Labute approximate surface area is 155 Å². The fourth-order valence-corrected chi connectivity index (χ4v) is 2.48. The van der Waals surface area contributed by atoms with Crippen LogP contribution in [0.4, 0.5) is 22.0 Å². The number of benzene rings is 1. The maximum absolute atomic E-state index is 14.1. The lowest BCUT2D eigenvalue weighted by Crippen LogP contribution is -2.17. The summed E-state index contributed by atoms with van der Waals surface area (Å²) in [4.78, 5) is 4.30. The third-order valence-corrected chi connectivity index (χ3v) is 3.68. The Morgan fingerprint density at radius 1 is 1.11 bits per heavy atom. The van der Waals surface area contributed by atoms with Crippen LogP contribution < -0.4 is 4.74 Å². The SMILES string of the molecule is C=CC(F)(F)c1nnc2c(COC)nc(-c3ccc(OC(F)(F)F)cc3)cn12. The standard InChI is InChI=1S/C17H13F5N4O2/c1-3-16(18,19)15-25-24-14-13(9-27-2)23-12(8-26(14)15)10-4-6-11(7-5-10)28-17(20,21)22/h3-8H,1,9H2,2H3. The average Bonchev–Trinajstić information content (AvgIpc) is 3.06. The Morgan fingerprint density at radius 3 is 2.36 bits per heavy atom. The highest BCUT2D eigenvalue weighted by molar-refractivity contribution is 5.62. The topological polar surface area (TPSA) is 61.5 Å². The molecule has 0 spiro atoms. The van der Waals surface area contributed by atoms with Gasteiger partial charge in [-0.2, -0.15) is 8.78 Å². The summed E-state index contributed by atoms with van der Waals surface area (Å²) in [6, 6.07) is 4.83. The molecule has 0 unspecified atom stereocenters. The predicted molar refractivity (Wildman–Crippen MR) is 87.7 cm³/mol. The largest absolute Gasteiger partial charge is 0.573 e. The van der Waals surface area contributed by atoms with Gasteiger partial charge in [0.1, 0.15) is 11.4 Å². The Hall–Kier alpha value is -3.08. The number of rotatable bonds is 6. The molecule has 0 fully saturated rings. The van der Waals surface area contributed by atoms with Crippen molar-refractivity contribution >= 4 is 5.65 Å². The fraction of sp³-hybridized carbons (Fsp3) is 0.235. The molecule has 148 valence electrons. The molecular weight excluding hydrogens is 387 g/mol. The van der Waals surface area contributed by atoms with Gasteiger partial charge in [0.15, 0.2) is 5.65 Å². The van der Waals surface area contributed by atoms with Crippen LogP contribution in [-0.4, -0.2) is 33.1 Å². The number of halogens is 5. The van der Waals surface area contributed by atoms with Crippen LogP contribution >= 0.6 is 0 Å². The number of alkyl halides is 5. The van der Waals surface area contributed by atoms with E-state index in [0.717, 1.165) is 16.5 Å². The molecule has 3 aromatic rings. The number of hydrogen-bond acceptors (Lipinski definition) is 5. The van der Waals surface area contributed by atoms with Gasteiger partial charge in [-0.15, -0.1) is 23.4 Å². The van der Waals surface area contributed by atoms with Crippen molar-refractivity contribution in [3.63, 3.8) is 0 Å². The molecule has 0 saturated carbocycles. The zero-order chi connectivity index (χ0) is 20.5. The molecule has 0 radical (unpaired) electrons. The Balaban J connectivity index is 2.10. The maximum Gasteiger partial charge on any atom is 0.573 e. The van der Waals surface area contributed by atoms with E-state index in [2.05, 4.69) is 26.5 Å². The van der Waals surface area contributed by atoms with E-state index in [0.29, 0.717) is 11.6 Å². The molecule has 0 aliphatic carbocycles. The number of ether oxygens (including phenoxy) is 2. The molecule has 2 aromatic heterocycles. The lowest BCUT2D eigenvalue weighted by molar-refractivity contribution is -0.274. The van der Waals surface area contributed by atoms with Crippen molar-refractivity contribution in [2.45, 2.75) is 18.9 Å². The summed E-state index contributed by atoms with van der Waals surface area (Å²) < 4.78 is 74.9. The van der Waals surface area contributed by atoms with E-state index in [1.54, 1.807) is 0 Å². The summed E-state index contributed by atoms with van der Waals surface area (Å²) in [5, 5.41) is 7.26. The van der Waals surface area contributed by atoms with Crippen LogP contribution in [0.2, 0.25) is 0 Å². The van der Waals surface area contributed by atoms with Crippen LogP contribution in [0.1, 0.15) is 11.5 Å². The van der Waals surface area contributed by atoms with Crippen LogP contribution in [0, 0.1) is 0 Å². The van der Waals surface area contributed by atoms with Crippen LogP contribution in [0.3, 0.4) is 0 Å². The van der Waals surface area contributed by atoms with Crippen molar-refractivity contribution in [1.82, 2.24) is 19.6 Å². The molecule has 0 aliphatic rings. The molecule has 11 heteroatoms. The second-order valence-electron chi connectivity index (χ2n) is 5.62. The number of aromatic nitrogens is 4. The van der Waals surface area contributed by atoms with Crippen LogP contribution in [-0.2, 0) is 17.3 Å². The molecule has 2 heterocycles. The molecule has 0 aliphatic heterocycles. The van der Waals surface area contributed by atoms with Gasteiger partial charge >= 0.3 is 12.3 Å². The summed E-state index contributed by atoms with van der Waals surface area (Å²) in [6.07, 6.45) is -3.12. The predicted octanol–water partition coefficient (Wildman–Crippen LogP) is 4.11. The molecule has 0 saturated heterocycles. The summed E-state index contributed by atoms with van der Waals surface area (Å²) in [7, 11) is 1.39. The summed E-state index contributed by atoms with van der Waals surface area (Å²) in [6.45, 7) is 3.06. The van der Waals surface area contributed by atoms with E-state index in [1.165, 1.54) is 25.4 Å². The van der Waals surface area contributed by atoms with Crippen molar-refractivity contribution in [1.29, 1.82) is 0 Å². The van der Waals surface area contributed by atoms with E-state index in [9.17, 15) is 22.0 Å². The third kappa shape index (κ3) is 3.93. The molecular formula is C17H13F5N4O2. The van der Waals surface area contributed by atoms with Gasteiger partial charge < -0.3 is 9.47 Å². The smallest absolute Gasteiger partial charge is 0.406 e. The highest BCUT2D eigenvalue weighted by atomic mass is 19.4. The minimum atomic E-state index is -4.82. The van der Waals surface area contributed by atoms with Gasteiger partial charge in [0.2, 0.25) is 5.82 Å². The van der Waals surface area contributed by atoms with Gasteiger partial charge in [-0.3, -0.25) is 4.40 Å². The molecule has 0 atom stereocenters.